The van der Waals surface area contributed by atoms with E-state index in [0.29, 0.717) is 23.6 Å². The third kappa shape index (κ3) is 7.69. The van der Waals surface area contributed by atoms with Crippen molar-refractivity contribution < 1.29 is 27.9 Å². The second-order valence-corrected chi connectivity index (χ2v) is 11.4. The summed E-state index contributed by atoms with van der Waals surface area (Å²) in [5.41, 5.74) is -0.276. The molecule has 0 bridgehead atoms. The van der Waals surface area contributed by atoms with E-state index in [1.54, 1.807) is 30.5 Å². The Hall–Kier alpha value is -4.99. The van der Waals surface area contributed by atoms with E-state index in [4.69, 9.17) is 11.6 Å². The van der Waals surface area contributed by atoms with Gasteiger partial charge in [0.15, 0.2) is 22.6 Å². The van der Waals surface area contributed by atoms with Crippen molar-refractivity contribution in [2.24, 2.45) is 0 Å². The third-order valence-electron chi connectivity index (χ3n) is 7.78. The molecular weight excluding hydrogens is 667 g/mol. The average Bonchev–Trinajstić information content (AvgIpc) is 3.08. The van der Waals surface area contributed by atoms with Crippen LogP contribution >= 0.6 is 11.6 Å². The van der Waals surface area contributed by atoms with Crippen LogP contribution in [-0.2, 0) is 23.9 Å². The van der Waals surface area contributed by atoms with Crippen LogP contribution in [0.5, 0.6) is 5.75 Å². The van der Waals surface area contributed by atoms with Crippen LogP contribution in [0, 0.1) is 6.92 Å². The SMILES string of the molecule is CC.CCc1c(N2CCN(C(=O)c3ncnc(C)c3O)CC2)c(=O)c2nc(N(C)C)cnc2n1CC(=O)Nc1ccc(C(F)(F)F)cc1Cl. The number of halogens is 4. The van der Waals surface area contributed by atoms with Crippen LogP contribution in [0.15, 0.2) is 35.5 Å². The molecule has 4 aromatic rings. The first-order valence-corrected chi connectivity index (χ1v) is 15.9. The maximum Gasteiger partial charge on any atom is 0.416 e. The van der Waals surface area contributed by atoms with Crippen molar-refractivity contribution in [3.63, 3.8) is 0 Å². The summed E-state index contributed by atoms with van der Waals surface area (Å²) in [6, 6.07) is 2.62. The Bertz CT molecular complexity index is 1930. The largest absolute Gasteiger partial charge is 0.504 e. The number of nitrogens with one attached hydrogen (secondary N) is 1. The molecule has 0 spiro atoms. The maximum absolute atomic E-state index is 14.1. The molecule has 0 atom stereocenters. The second kappa shape index (κ2) is 15.1. The molecule has 49 heavy (non-hydrogen) atoms. The predicted molar refractivity (Wildman–Crippen MR) is 180 cm³/mol. The quantitative estimate of drug-likeness (QED) is 0.281. The van der Waals surface area contributed by atoms with E-state index in [-0.39, 0.29) is 71.7 Å². The lowest BCUT2D eigenvalue weighted by Crippen LogP contribution is -2.50. The lowest BCUT2D eigenvalue weighted by Gasteiger charge is -2.37. The van der Waals surface area contributed by atoms with Crippen LogP contribution in [0.4, 0.5) is 30.4 Å². The Kier molecular flexibility index (Phi) is 11.3. The zero-order valence-corrected chi connectivity index (χ0v) is 28.6. The van der Waals surface area contributed by atoms with E-state index in [1.807, 2.05) is 25.7 Å². The van der Waals surface area contributed by atoms with Gasteiger partial charge in [-0.1, -0.05) is 32.4 Å². The fourth-order valence-electron chi connectivity index (χ4n) is 5.32. The summed E-state index contributed by atoms with van der Waals surface area (Å²) in [6.07, 6.45) is -1.63. The van der Waals surface area contributed by atoms with Crippen molar-refractivity contribution in [1.29, 1.82) is 0 Å². The summed E-state index contributed by atoms with van der Waals surface area (Å²) < 4.78 is 40.9. The average molecular weight is 704 g/mol. The highest BCUT2D eigenvalue weighted by molar-refractivity contribution is 6.33. The molecule has 0 saturated carbocycles. The Labute approximate surface area is 285 Å². The number of aromatic hydroxyl groups is 1. The molecule has 5 rings (SSSR count). The fraction of sp³-hybridized carbons (Fsp3) is 0.406. The van der Waals surface area contributed by atoms with Gasteiger partial charge in [0.05, 0.1) is 28.2 Å². The van der Waals surface area contributed by atoms with E-state index >= 15 is 0 Å². The van der Waals surface area contributed by atoms with Crippen molar-refractivity contribution in [2.45, 2.75) is 46.8 Å². The van der Waals surface area contributed by atoms with Crippen molar-refractivity contribution in [3.05, 3.63) is 68.6 Å². The third-order valence-corrected chi connectivity index (χ3v) is 8.09. The normalized spacial score (nSPS) is 13.2. The van der Waals surface area contributed by atoms with Crippen molar-refractivity contribution in [3.8, 4) is 5.75 Å². The van der Waals surface area contributed by atoms with Gasteiger partial charge >= 0.3 is 6.18 Å². The summed E-state index contributed by atoms with van der Waals surface area (Å²) in [5, 5.41) is 12.6. The number of pyridine rings is 1. The van der Waals surface area contributed by atoms with Crippen LogP contribution in [0.1, 0.15) is 48.2 Å². The Morgan fingerprint density at radius 2 is 1.76 bits per heavy atom. The molecule has 1 aliphatic heterocycles. The first-order chi connectivity index (χ1) is 23.2. The second-order valence-electron chi connectivity index (χ2n) is 11.0. The van der Waals surface area contributed by atoms with E-state index in [0.717, 1.165) is 18.2 Å². The van der Waals surface area contributed by atoms with E-state index < -0.39 is 29.0 Å². The molecule has 1 aliphatic rings. The Morgan fingerprint density at radius 1 is 1.08 bits per heavy atom. The smallest absolute Gasteiger partial charge is 0.416 e. The summed E-state index contributed by atoms with van der Waals surface area (Å²) in [5.74, 6) is -0.977. The molecular formula is C32H37ClF3N9O4. The monoisotopic (exact) mass is 703 g/mol. The number of amides is 2. The highest BCUT2D eigenvalue weighted by Gasteiger charge is 2.32. The minimum absolute atomic E-state index is 0.0139. The number of rotatable bonds is 7. The number of alkyl halides is 3. The number of anilines is 3. The molecule has 2 N–H and O–H groups in total. The van der Waals surface area contributed by atoms with Crippen LogP contribution in [-0.4, -0.2) is 86.6 Å². The molecule has 13 nitrogen and oxygen atoms in total. The van der Waals surface area contributed by atoms with Crippen LogP contribution in [0.2, 0.25) is 5.02 Å². The maximum atomic E-state index is 14.1. The van der Waals surface area contributed by atoms with Gasteiger partial charge in [-0.25, -0.2) is 19.9 Å². The summed E-state index contributed by atoms with van der Waals surface area (Å²) >= 11 is 6.07. The van der Waals surface area contributed by atoms with Gasteiger partial charge in [-0.3, -0.25) is 14.4 Å². The number of aryl methyl sites for hydroxylation is 1. The molecule has 4 heterocycles. The molecule has 0 aliphatic carbocycles. The van der Waals surface area contributed by atoms with Gasteiger partial charge in [0.2, 0.25) is 11.3 Å². The van der Waals surface area contributed by atoms with Gasteiger partial charge in [-0.2, -0.15) is 13.2 Å². The summed E-state index contributed by atoms with van der Waals surface area (Å²) in [4.78, 5) is 62.4. The van der Waals surface area contributed by atoms with Crippen LogP contribution < -0.4 is 20.5 Å². The first-order valence-electron chi connectivity index (χ1n) is 15.5. The number of aromatic nitrogens is 5. The summed E-state index contributed by atoms with van der Waals surface area (Å²) in [6.45, 7) is 7.93. The van der Waals surface area contributed by atoms with Gasteiger partial charge in [0.1, 0.15) is 24.4 Å². The number of piperazine rings is 1. The zero-order chi connectivity index (χ0) is 36.2. The van der Waals surface area contributed by atoms with Gasteiger partial charge in [-0.05, 0) is 31.5 Å². The van der Waals surface area contributed by atoms with Gasteiger partial charge < -0.3 is 29.7 Å². The first kappa shape index (κ1) is 36.8. The van der Waals surface area contributed by atoms with Gasteiger partial charge in [0.25, 0.3) is 5.91 Å². The number of hydrogen-bond acceptors (Lipinski definition) is 10. The van der Waals surface area contributed by atoms with Crippen LogP contribution in [0.3, 0.4) is 0 Å². The minimum atomic E-state index is -4.60. The molecule has 3 aromatic heterocycles. The Morgan fingerprint density at radius 3 is 2.35 bits per heavy atom. The molecule has 1 saturated heterocycles. The molecule has 2 amide bonds. The van der Waals surface area contributed by atoms with E-state index in [2.05, 4.69) is 25.3 Å². The minimum Gasteiger partial charge on any atom is -0.504 e. The zero-order valence-electron chi connectivity index (χ0n) is 27.9. The lowest BCUT2D eigenvalue weighted by molar-refractivity contribution is -0.137. The topological polar surface area (TPSA) is 150 Å². The van der Waals surface area contributed by atoms with Gasteiger partial charge in [0, 0.05) is 46.0 Å². The van der Waals surface area contributed by atoms with Crippen LogP contribution in [0.25, 0.3) is 11.2 Å². The number of nitrogens with zero attached hydrogens (tertiary/aromatic N) is 8. The highest BCUT2D eigenvalue weighted by atomic mass is 35.5. The van der Waals surface area contributed by atoms with Crippen molar-refractivity contribution in [1.82, 2.24) is 29.4 Å². The number of benzene rings is 1. The van der Waals surface area contributed by atoms with Gasteiger partial charge in [-0.15, -0.1) is 0 Å². The number of carbonyl (C=O) groups is 2. The Balaban J connectivity index is 0.00000265. The predicted octanol–water partition coefficient (Wildman–Crippen LogP) is 4.52. The molecule has 1 fully saturated rings. The molecule has 0 unspecified atom stereocenters. The molecule has 1 aromatic carbocycles. The highest BCUT2D eigenvalue weighted by Crippen LogP contribution is 2.34. The van der Waals surface area contributed by atoms with Crippen molar-refractivity contribution >= 4 is 51.8 Å². The molecule has 17 heteroatoms. The summed E-state index contributed by atoms with van der Waals surface area (Å²) in [7, 11) is 3.48. The number of carbonyl (C=O) groups excluding carboxylic acids is 2. The number of fused-ring (bicyclic) bond motifs is 1. The standard InChI is InChI=1S/C30H31ClF3N9O4.C2H6/c1-5-20-25(41-8-10-42(11-9-41)29(47)24-26(45)16(2)36-15-37-24)27(46)23-28(35-13-21(39-23)40(3)4)43(20)14-22(44)38-19-7-6-17(12-18(19)31)30(32,33)34;1-2/h6-7,12-13,15,45H,5,8-11,14H2,1-4H3,(H,38,44);1-2H3. The fourth-order valence-corrected chi connectivity index (χ4v) is 5.55. The van der Waals surface area contributed by atoms with E-state index in [9.17, 15) is 32.7 Å². The van der Waals surface area contributed by atoms with E-state index in [1.165, 1.54) is 17.4 Å². The lowest BCUT2D eigenvalue weighted by atomic mass is 10.1. The number of hydrogen-bond donors (Lipinski definition) is 2. The van der Waals surface area contributed by atoms with Crippen molar-refractivity contribution in [2.75, 3.05) is 55.4 Å². The molecule has 0 radical (unpaired) electrons. The molecule has 262 valence electrons.